The zero-order chi connectivity index (χ0) is 13.4. The van der Waals surface area contributed by atoms with Crippen molar-refractivity contribution in [2.24, 2.45) is 0 Å². The van der Waals surface area contributed by atoms with Crippen LogP contribution in [-0.2, 0) is 0 Å². The van der Waals surface area contributed by atoms with E-state index in [4.69, 9.17) is 0 Å². The quantitative estimate of drug-likeness (QED) is 0.746. The van der Waals surface area contributed by atoms with Crippen LogP contribution in [0, 0.1) is 6.92 Å². The number of carbonyl (C=O) groups excluding carboxylic acids is 1. The molecule has 0 unspecified atom stereocenters. The maximum atomic E-state index is 12.1. The molecule has 0 aliphatic carbocycles. The van der Waals surface area contributed by atoms with E-state index < -0.39 is 0 Å². The second-order valence-corrected chi connectivity index (χ2v) is 5.17. The number of hydrogen-bond donors (Lipinski definition) is 2. The van der Waals surface area contributed by atoms with Crippen LogP contribution in [0.15, 0.2) is 18.2 Å². The first-order valence-corrected chi connectivity index (χ1v) is 7.70. The van der Waals surface area contributed by atoms with Gasteiger partial charge in [0, 0.05) is 18.8 Å². The average molecular weight is 266 g/mol. The molecule has 1 aromatic rings. The Balaban J connectivity index is 2.66. The van der Waals surface area contributed by atoms with Gasteiger partial charge in [0.05, 0.1) is 5.56 Å². The first kappa shape index (κ1) is 14.9. The summed E-state index contributed by atoms with van der Waals surface area (Å²) < 4.78 is 0. The van der Waals surface area contributed by atoms with Crippen molar-refractivity contribution in [3.63, 3.8) is 0 Å². The van der Waals surface area contributed by atoms with Crippen LogP contribution in [0.5, 0.6) is 0 Å². The molecule has 3 nitrogen and oxygen atoms in total. The Kier molecular flexibility index (Phi) is 6.65. The molecule has 2 N–H and O–H groups in total. The fourth-order valence-electron chi connectivity index (χ4n) is 1.71. The summed E-state index contributed by atoms with van der Waals surface area (Å²) in [4.78, 5) is 12.1. The number of carbonyl (C=O) groups is 1. The number of benzene rings is 1. The van der Waals surface area contributed by atoms with Crippen LogP contribution in [-0.4, -0.2) is 31.0 Å². The number of anilines is 1. The molecule has 0 saturated carbocycles. The van der Waals surface area contributed by atoms with Crippen molar-refractivity contribution in [3.8, 4) is 0 Å². The first-order valence-electron chi connectivity index (χ1n) is 6.30. The van der Waals surface area contributed by atoms with E-state index in [0.29, 0.717) is 0 Å². The average Bonchev–Trinajstić information content (AvgIpc) is 2.35. The lowest BCUT2D eigenvalue weighted by Gasteiger charge is -2.12. The van der Waals surface area contributed by atoms with Gasteiger partial charge in [-0.05, 0) is 50.0 Å². The number of thioether (sulfide) groups is 1. The first-order chi connectivity index (χ1) is 8.69. The van der Waals surface area contributed by atoms with E-state index in [0.717, 1.165) is 42.1 Å². The molecule has 0 radical (unpaired) electrons. The van der Waals surface area contributed by atoms with E-state index >= 15 is 0 Å². The molecule has 18 heavy (non-hydrogen) atoms. The molecule has 0 saturated heterocycles. The van der Waals surface area contributed by atoms with E-state index in [-0.39, 0.29) is 5.91 Å². The highest BCUT2D eigenvalue weighted by Gasteiger charge is 2.10. The minimum absolute atomic E-state index is 0.00653. The second-order valence-electron chi connectivity index (χ2n) is 4.18. The minimum atomic E-state index is 0.00653. The van der Waals surface area contributed by atoms with Crippen LogP contribution in [0.2, 0.25) is 0 Å². The molecule has 4 heteroatoms. The minimum Gasteiger partial charge on any atom is -0.385 e. The molecule has 0 aliphatic rings. The van der Waals surface area contributed by atoms with Crippen LogP contribution in [0.4, 0.5) is 5.69 Å². The SMILES string of the molecule is CCNc1cc(C)ccc1C(=O)NCCCSC. The summed E-state index contributed by atoms with van der Waals surface area (Å²) in [5, 5.41) is 6.19. The molecule has 1 rings (SSSR count). The maximum absolute atomic E-state index is 12.1. The number of nitrogens with one attached hydrogen (secondary N) is 2. The summed E-state index contributed by atoms with van der Waals surface area (Å²) in [5.41, 5.74) is 2.80. The molecule has 0 atom stereocenters. The van der Waals surface area contributed by atoms with Crippen molar-refractivity contribution in [1.29, 1.82) is 0 Å². The largest absolute Gasteiger partial charge is 0.385 e. The Labute approximate surface area is 114 Å². The van der Waals surface area contributed by atoms with Gasteiger partial charge in [0.2, 0.25) is 0 Å². The highest BCUT2D eigenvalue weighted by Crippen LogP contribution is 2.17. The second kappa shape index (κ2) is 8.03. The van der Waals surface area contributed by atoms with Gasteiger partial charge in [0.25, 0.3) is 5.91 Å². The standard InChI is InChI=1S/C14H22N2OS/c1-4-15-13-10-11(2)6-7-12(13)14(17)16-8-5-9-18-3/h6-7,10,15H,4-5,8-9H2,1-3H3,(H,16,17). The molecule has 0 bridgehead atoms. The summed E-state index contributed by atoms with van der Waals surface area (Å²) >= 11 is 1.80. The van der Waals surface area contributed by atoms with E-state index in [1.54, 1.807) is 11.8 Å². The third kappa shape index (κ3) is 4.61. The smallest absolute Gasteiger partial charge is 0.253 e. The van der Waals surface area contributed by atoms with Crippen molar-refractivity contribution >= 4 is 23.4 Å². The van der Waals surface area contributed by atoms with Crippen molar-refractivity contribution in [2.75, 3.05) is 30.4 Å². The highest BCUT2D eigenvalue weighted by atomic mass is 32.2. The van der Waals surface area contributed by atoms with Gasteiger partial charge in [0.15, 0.2) is 0 Å². The van der Waals surface area contributed by atoms with Gasteiger partial charge in [-0.25, -0.2) is 0 Å². The lowest BCUT2D eigenvalue weighted by atomic mass is 10.1. The summed E-state index contributed by atoms with van der Waals surface area (Å²) in [6.45, 7) is 5.61. The maximum Gasteiger partial charge on any atom is 0.253 e. The summed E-state index contributed by atoms with van der Waals surface area (Å²) in [6.07, 6.45) is 3.08. The molecule has 1 aromatic carbocycles. The Morgan fingerprint density at radius 1 is 1.39 bits per heavy atom. The molecule has 0 fully saturated rings. The molecule has 100 valence electrons. The van der Waals surface area contributed by atoms with Crippen molar-refractivity contribution < 1.29 is 4.79 Å². The molecular weight excluding hydrogens is 244 g/mol. The predicted molar refractivity (Wildman–Crippen MR) is 80.7 cm³/mol. The van der Waals surface area contributed by atoms with Gasteiger partial charge in [-0.3, -0.25) is 4.79 Å². The van der Waals surface area contributed by atoms with E-state index in [9.17, 15) is 4.79 Å². The third-order valence-corrected chi connectivity index (χ3v) is 3.29. The Hall–Kier alpha value is -1.16. The number of hydrogen-bond acceptors (Lipinski definition) is 3. The highest BCUT2D eigenvalue weighted by molar-refractivity contribution is 7.98. The molecule has 0 aliphatic heterocycles. The Morgan fingerprint density at radius 2 is 2.17 bits per heavy atom. The number of rotatable bonds is 7. The van der Waals surface area contributed by atoms with Crippen molar-refractivity contribution in [1.82, 2.24) is 5.32 Å². The summed E-state index contributed by atoms with van der Waals surface area (Å²) in [5.74, 6) is 1.08. The summed E-state index contributed by atoms with van der Waals surface area (Å²) in [6, 6.07) is 5.87. The van der Waals surface area contributed by atoms with Gasteiger partial charge >= 0.3 is 0 Å². The Bertz CT molecular complexity index is 393. The number of aryl methyl sites for hydroxylation is 1. The number of amides is 1. The molecular formula is C14H22N2OS. The van der Waals surface area contributed by atoms with E-state index in [1.807, 2.05) is 32.0 Å². The lowest BCUT2D eigenvalue weighted by Crippen LogP contribution is -2.25. The third-order valence-electron chi connectivity index (χ3n) is 2.60. The fraction of sp³-hybridized carbons (Fsp3) is 0.500. The molecule has 1 amide bonds. The van der Waals surface area contributed by atoms with Crippen LogP contribution >= 0.6 is 11.8 Å². The van der Waals surface area contributed by atoms with E-state index in [2.05, 4.69) is 16.9 Å². The van der Waals surface area contributed by atoms with Crippen LogP contribution in [0.3, 0.4) is 0 Å². The van der Waals surface area contributed by atoms with Gasteiger partial charge in [0.1, 0.15) is 0 Å². The van der Waals surface area contributed by atoms with Gasteiger partial charge in [-0.15, -0.1) is 0 Å². The topological polar surface area (TPSA) is 41.1 Å². The normalized spacial score (nSPS) is 10.2. The van der Waals surface area contributed by atoms with E-state index in [1.165, 1.54) is 0 Å². The zero-order valence-electron chi connectivity index (χ0n) is 11.4. The molecule has 0 heterocycles. The van der Waals surface area contributed by atoms with Gasteiger partial charge in [-0.2, -0.15) is 11.8 Å². The van der Waals surface area contributed by atoms with Crippen LogP contribution in [0.25, 0.3) is 0 Å². The monoisotopic (exact) mass is 266 g/mol. The molecule has 0 spiro atoms. The fourth-order valence-corrected chi connectivity index (χ4v) is 2.14. The summed E-state index contributed by atoms with van der Waals surface area (Å²) in [7, 11) is 0. The molecule has 0 aromatic heterocycles. The van der Waals surface area contributed by atoms with Crippen LogP contribution < -0.4 is 10.6 Å². The van der Waals surface area contributed by atoms with Crippen molar-refractivity contribution in [2.45, 2.75) is 20.3 Å². The lowest BCUT2D eigenvalue weighted by molar-refractivity contribution is 0.0954. The predicted octanol–water partition coefficient (Wildman–Crippen LogP) is 2.91. The van der Waals surface area contributed by atoms with Crippen LogP contribution in [0.1, 0.15) is 29.3 Å². The zero-order valence-corrected chi connectivity index (χ0v) is 12.2. The van der Waals surface area contributed by atoms with Crippen molar-refractivity contribution in [3.05, 3.63) is 29.3 Å². The van der Waals surface area contributed by atoms with Gasteiger partial charge < -0.3 is 10.6 Å². The Morgan fingerprint density at radius 3 is 2.83 bits per heavy atom. The van der Waals surface area contributed by atoms with Gasteiger partial charge in [-0.1, -0.05) is 6.07 Å².